The molecule has 0 spiro atoms. The van der Waals surface area contributed by atoms with E-state index in [4.69, 9.17) is 5.11 Å². The normalized spacial score (nSPS) is 14.2. The Morgan fingerprint density at radius 3 is 2.46 bits per heavy atom. The van der Waals surface area contributed by atoms with Crippen LogP contribution >= 0.6 is 11.3 Å². The number of thiazole rings is 1. The molecular formula is C21H16F3NO2S. The van der Waals surface area contributed by atoms with E-state index in [9.17, 15) is 18.0 Å². The van der Waals surface area contributed by atoms with Gasteiger partial charge in [-0.2, -0.15) is 13.2 Å². The molecule has 2 aromatic carbocycles. The standard InChI is InChI=1S/C21H16F3NO2S/c22-21(23,24)16-3-1-2-15(11-16)19-25-17(18(28-19)13-8-9-13)10-12-4-6-14(7-5-12)20(26)27/h1-7,11,13H,8-10H2,(H,26,27). The van der Waals surface area contributed by atoms with Crippen molar-refractivity contribution in [2.24, 2.45) is 0 Å². The van der Waals surface area contributed by atoms with E-state index in [1.54, 1.807) is 30.3 Å². The van der Waals surface area contributed by atoms with Crippen molar-refractivity contribution < 1.29 is 23.1 Å². The maximum absolute atomic E-state index is 13.0. The number of aromatic carboxylic acids is 1. The van der Waals surface area contributed by atoms with Gasteiger partial charge in [0.2, 0.25) is 0 Å². The average molecular weight is 403 g/mol. The highest BCUT2D eigenvalue weighted by atomic mass is 32.1. The number of nitrogens with zero attached hydrogens (tertiary/aromatic N) is 1. The second kappa shape index (κ2) is 7.05. The van der Waals surface area contributed by atoms with Crippen molar-refractivity contribution >= 4 is 17.3 Å². The molecule has 0 aliphatic heterocycles. The second-order valence-electron chi connectivity index (χ2n) is 6.86. The Labute approximate surface area is 163 Å². The molecule has 0 atom stereocenters. The number of aromatic nitrogens is 1. The van der Waals surface area contributed by atoms with Crippen LogP contribution in [0.1, 0.15) is 50.8 Å². The van der Waals surface area contributed by atoms with Gasteiger partial charge in [0.15, 0.2) is 0 Å². The summed E-state index contributed by atoms with van der Waals surface area (Å²) in [6.07, 6.45) is -1.73. The summed E-state index contributed by atoms with van der Waals surface area (Å²) >= 11 is 1.46. The van der Waals surface area contributed by atoms with Gasteiger partial charge in [0, 0.05) is 16.9 Å². The minimum absolute atomic E-state index is 0.217. The molecule has 0 unspecified atom stereocenters. The van der Waals surface area contributed by atoms with Crippen molar-refractivity contribution in [3.63, 3.8) is 0 Å². The van der Waals surface area contributed by atoms with Crippen molar-refractivity contribution in [1.82, 2.24) is 4.98 Å². The lowest BCUT2D eigenvalue weighted by molar-refractivity contribution is -0.137. The van der Waals surface area contributed by atoms with Crippen LogP contribution in [0.15, 0.2) is 48.5 Å². The third-order valence-corrected chi connectivity index (χ3v) is 5.99. The number of alkyl halides is 3. The summed E-state index contributed by atoms with van der Waals surface area (Å²) in [5.41, 5.74) is 1.79. The molecule has 3 aromatic rings. The second-order valence-corrected chi connectivity index (χ2v) is 7.89. The molecule has 7 heteroatoms. The highest BCUT2D eigenvalue weighted by Crippen LogP contribution is 2.47. The molecule has 1 aliphatic carbocycles. The lowest BCUT2D eigenvalue weighted by atomic mass is 10.1. The zero-order valence-electron chi connectivity index (χ0n) is 14.7. The maximum Gasteiger partial charge on any atom is 0.416 e. The fraction of sp³-hybridized carbons (Fsp3) is 0.238. The Morgan fingerprint density at radius 1 is 1.14 bits per heavy atom. The quantitative estimate of drug-likeness (QED) is 0.569. The van der Waals surface area contributed by atoms with Gasteiger partial charge in [-0.25, -0.2) is 9.78 Å². The molecule has 1 fully saturated rings. The van der Waals surface area contributed by atoms with Crippen LogP contribution in [-0.2, 0) is 12.6 Å². The Kier molecular flexibility index (Phi) is 4.71. The van der Waals surface area contributed by atoms with Gasteiger partial charge in [0.1, 0.15) is 5.01 Å². The average Bonchev–Trinajstić information content (AvgIpc) is 3.42. The first-order valence-electron chi connectivity index (χ1n) is 8.81. The maximum atomic E-state index is 13.0. The van der Waals surface area contributed by atoms with E-state index in [1.807, 2.05) is 0 Å². The zero-order chi connectivity index (χ0) is 19.9. The Hall–Kier alpha value is -2.67. The summed E-state index contributed by atoms with van der Waals surface area (Å²) in [6, 6.07) is 11.9. The lowest BCUT2D eigenvalue weighted by Crippen LogP contribution is -2.04. The summed E-state index contributed by atoms with van der Waals surface area (Å²) in [6.45, 7) is 0. The van der Waals surface area contributed by atoms with Crippen LogP contribution in [0, 0.1) is 0 Å². The highest BCUT2D eigenvalue weighted by Gasteiger charge is 2.32. The minimum Gasteiger partial charge on any atom is -0.478 e. The number of hydrogen-bond donors (Lipinski definition) is 1. The van der Waals surface area contributed by atoms with Gasteiger partial charge in [-0.3, -0.25) is 0 Å². The van der Waals surface area contributed by atoms with E-state index < -0.39 is 17.7 Å². The van der Waals surface area contributed by atoms with Crippen LogP contribution in [-0.4, -0.2) is 16.1 Å². The molecule has 1 saturated carbocycles. The van der Waals surface area contributed by atoms with Crippen molar-refractivity contribution in [3.05, 3.63) is 75.8 Å². The molecule has 144 valence electrons. The van der Waals surface area contributed by atoms with Gasteiger partial charge < -0.3 is 5.11 Å². The third-order valence-electron chi connectivity index (χ3n) is 4.69. The van der Waals surface area contributed by atoms with Crippen molar-refractivity contribution in [3.8, 4) is 10.6 Å². The number of rotatable bonds is 5. The van der Waals surface area contributed by atoms with Crippen LogP contribution < -0.4 is 0 Å². The fourth-order valence-corrected chi connectivity index (χ4v) is 4.31. The molecule has 1 N–H and O–H groups in total. The van der Waals surface area contributed by atoms with E-state index in [-0.39, 0.29) is 5.56 Å². The molecule has 0 radical (unpaired) electrons. The molecule has 4 rings (SSSR count). The number of carbonyl (C=O) groups is 1. The van der Waals surface area contributed by atoms with Crippen LogP contribution in [0.4, 0.5) is 13.2 Å². The first-order valence-corrected chi connectivity index (χ1v) is 9.62. The van der Waals surface area contributed by atoms with Gasteiger partial charge >= 0.3 is 12.1 Å². The largest absolute Gasteiger partial charge is 0.478 e. The summed E-state index contributed by atoms with van der Waals surface area (Å²) in [5, 5.41) is 9.60. The number of carboxylic acids is 1. The molecule has 0 amide bonds. The summed E-state index contributed by atoms with van der Waals surface area (Å²) < 4.78 is 39.1. The van der Waals surface area contributed by atoms with E-state index >= 15 is 0 Å². The van der Waals surface area contributed by atoms with Crippen molar-refractivity contribution in [1.29, 1.82) is 0 Å². The zero-order valence-corrected chi connectivity index (χ0v) is 15.5. The molecule has 1 aromatic heterocycles. The molecule has 28 heavy (non-hydrogen) atoms. The van der Waals surface area contributed by atoms with Crippen LogP contribution in [0.3, 0.4) is 0 Å². The Balaban J connectivity index is 1.66. The summed E-state index contributed by atoms with van der Waals surface area (Å²) in [5.74, 6) is -0.559. The highest BCUT2D eigenvalue weighted by molar-refractivity contribution is 7.15. The summed E-state index contributed by atoms with van der Waals surface area (Å²) in [4.78, 5) is 16.8. The van der Waals surface area contributed by atoms with Crippen LogP contribution in [0.5, 0.6) is 0 Å². The Morgan fingerprint density at radius 2 is 1.86 bits per heavy atom. The van der Waals surface area contributed by atoms with Crippen molar-refractivity contribution in [2.75, 3.05) is 0 Å². The first kappa shape index (κ1) is 18.7. The number of benzene rings is 2. The van der Waals surface area contributed by atoms with Crippen molar-refractivity contribution in [2.45, 2.75) is 31.4 Å². The van der Waals surface area contributed by atoms with E-state index in [1.165, 1.54) is 17.4 Å². The predicted molar refractivity (Wildman–Crippen MR) is 101 cm³/mol. The summed E-state index contributed by atoms with van der Waals surface area (Å²) in [7, 11) is 0. The van der Waals surface area contributed by atoms with E-state index in [0.29, 0.717) is 22.9 Å². The van der Waals surface area contributed by atoms with Gasteiger partial charge in [-0.15, -0.1) is 11.3 Å². The molecule has 0 saturated heterocycles. The predicted octanol–water partition coefficient (Wildman–Crippen LogP) is 6.00. The topological polar surface area (TPSA) is 50.2 Å². The van der Waals surface area contributed by atoms with Gasteiger partial charge in [-0.05, 0) is 48.6 Å². The minimum atomic E-state index is -4.39. The molecule has 3 nitrogen and oxygen atoms in total. The van der Waals surface area contributed by atoms with Crippen LogP contribution in [0.25, 0.3) is 10.6 Å². The van der Waals surface area contributed by atoms with E-state index in [2.05, 4.69) is 4.98 Å². The third kappa shape index (κ3) is 3.94. The number of hydrogen-bond acceptors (Lipinski definition) is 3. The SMILES string of the molecule is O=C(O)c1ccc(Cc2nc(-c3cccc(C(F)(F)F)c3)sc2C2CC2)cc1. The monoisotopic (exact) mass is 403 g/mol. The molecule has 1 aliphatic rings. The van der Waals surface area contributed by atoms with Gasteiger partial charge in [-0.1, -0.05) is 24.3 Å². The lowest BCUT2D eigenvalue weighted by Gasteiger charge is -2.07. The molecular weight excluding hydrogens is 387 g/mol. The Bertz CT molecular complexity index is 1020. The molecule has 0 bridgehead atoms. The fourth-order valence-electron chi connectivity index (χ4n) is 3.07. The smallest absolute Gasteiger partial charge is 0.416 e. The van der Waals surface area contributed by atoms with E-state index in [0.717, 1.165) is 41.1 Å². The number of halogens is 3. The van der Waals surface area contributed by atoms with Crippen LogP contribution in [0.2, 0.25) is 0 Å². The number of carboxylic acid groups (broad SMARTS) is 1. The molecule has 1 heterocycles. The first-order chi connectivity index (χ1) is 13.3. The van der Waals surface area contributed by atoms with Gasteiger partial charge in [0.25, 0.3) is 0 Å². The van der Waals surface area contributed by atoms with Gasteiger partial charge in [0.05, 0.1) is 16.8 Å².